The standard InChI is InChI=1S/C21H22ClN3O3S/c1-21(2)24-19(13-5-7-14(22)8-6-13)20(25-21)29-12-18(26)23-15-9-16(27-3)11-17(10-15)28-4/h5-11H,12H2,1-4H3,(H,23,26). The van der Waals surface area contributed by atoms with E-state index >= 15 is 0 Å². The predicted molar refractivity (Wildman–Crippen MR) is 120 cm³/mol. The molecule has 0 aliphatic carbocycles. The van der Waals surface area contributed by atoms with Gasteiger partial charge in [0.05, 0.1) is 25.7 Å². The van der Waals surface area contributed by atoms with E-state index < -0.39 is 5.66 Å². The molecule has 0 saturated heterocycles. The van der Waals surface area contributed by atoms with Crippen molar-refractivity contribution in [3.8, 4) is 11.5 Å². The van der Waals surface area contributed by atoms with Gasteiger partial charge < -0.3 is 14.8 Å². The molecule has 1 N–H and O–H groups in total. The van der Waals surface area contributed by atoms with Crippen molar-refractivity contribution in [3.63, 3.8) is 0 Å². The number of nitrogens with zero attached hydrogens (tertiary/aromatic N) is 2. The number of ether oxygens (including phenoxy) is 2. The summed E-state index contributed by atoms with van der Waals surface area (Å²) in [6.45, 7) is 3.86. The van der Waals surface area contributed by atoms with Gasteiger partial charge in [-0.15, -0.1) is 0 Å². The van der Waals surface area contributed by atoms with Crippen molar-refractivity contribution in [3.05, 3.63) is 53.1 Å². The van der Waals surface area contributed by atoms with Gasteiger partial charge in [0.25, 0.3) is 0 Å². The second-order valence-corrected chi connectivity index (χ2v) is 8.22. The summed E-state index contributed by atoms with van der Waals surface area (Å²) in [4.78, 5) is 21.8. The van der Waals surface area contributed by atoms with Crippen LogP contribution in [-0.2, 0) is 4.79 Å². The number of thioether (sulfide) groups is 1. The Balaban J connectivity index is 1.69. The van der Waals surface area contributed by atoms with E-state index in [0.29, 0.717) is 22.2 Å². The number of nitrogens with one attached hydrogen (secondary N) is 1. The first-order valence-electron chi connectivity index (χ1n) is 8.91. The van der Waals surface area contributed by atoms with Crippen LogP contribution < -0.4 is 14.8 Å². The highest BCUT2D eigenvalue weighted by Crippen LogP contribution is 2.28. The zero-order chi connectivity index (χ0) is 21.0. The zero-order valence-corrected chi connectivity index (χ0v) is 18.2. The topological polar surface area (TPSA) is 72.3 Å². The first-order chi connectivity index (χ1) is 13.8. The summed E-state index contributed by atoms with van der Waals surface area (Å²) < 4.78 is 10.5. The molecule has 3 rings (SSSR count). The Morgan fingerprint density at radius 3 is 2.28 bits per heavy atom. The van der Waals surface area contributed by atoms with Crippen LogP contribution in [-0.4, -0.2) is 42.3 Å². The molecular weight excluding hydrogens is 410 g/mol. The molecule has 1 heterocycles. The first kappa shape index (κ1) is 21.2. The first-order valence-corrected chi connectivity index (χ1v) is 10.3. The van der Waals surface area contributed by atoms with Gasteiger partial charge in [0.2, 0.25) is 5.91 Å². The summed E-state index contributed by atoms with van der Waals surface area (Å²) in [5.74, 6) is 1.24. The van der Waals surface area contributed by atoms with Gasteiger partial charge in [-0.3, -0.25) is 9.79 Å². The molecule has 0 spiro atoms. The maximum absolute atomic E-state index is 12.5. The van der Waals surface area contributed by atoms with E-state index in [-0.39, 0.29) is 11.7 Å². The van der Waals surface area contributed by atoms with Crippen LogP contribution in [0.2, 0.25) is 5.02 Å². The van der Waals surface area contributed by atoms with Gasteiger partial charge in [-0.1, -0.05) is 35.5 Å². The van der Waals surface area contributed by atoms with E-state index in [2.05, 4.69) is 10.3 Å². The summed E-state index contributed by atoms with van der Waals surface area (Å²) in [6, 6.07) is 12.7. The number of halogens is 1. The van der Waals surface area contributed by atoms with Crippen LogP contribution in [0.1, 0.15) is 19.4 Å². The highest BCUT2D eigenvalue weighted by Gasteiger charge is 2.28. The van der Waals surface area contributed by atoms with Gasteiger partial charge >= 0.3 is 0 Å². The largest absolute Gasteiger partial charge is 0.497 e. The summed E-state index contributed by atoms with van der Waals surface area (Å²) in [7, 11) is 3.13. The highest BCUT2D eigenvalue weighted by atomic mass is 35.5. The Bertz CT molecular complexity index is 949. The molecule has 152 valence electrons. The van der Waals surface area contributed by atoms with Gasteiger partial charge in [-0.05, 0) is 26.0 Å². The Kier molecular flexibility index (Phi) is 6.49. The third-order valence-electron chi connectivity index (χ3n) is 4.06. The molecule has 1 amide bonds. The lowest BCUT2D eigenvalue weighted by Gasteiger charge is -2.10. The number of anilines is 1. The van der Waals surface area contributed by atoms with Crippen LogP contribution in [0.5, 0.6) is 11.5 Å². The summed E-state index contributed by atoms with van der Waals surface area (Å²) in [6.07, 6.45) is 0. The van der Waals surface area contributed by atoms with E-state index in [1.165, 1.54) is 11.8 Å². The van der Waals surface area contributed by atoms with Crippen LogP contribution >= 0.6 is 23.4 Å². The van der Waals surface area contributed by atoms with Gasteiger partial charge in [0.15, 0.2) is 0 Å². The summed E-state index contributed by atoms with van der Waals surface area (Å²) in [5, 5.41) is 4.26. The van der Waals surface area contributed by atoms with E-state index in [0.717, 1.165) is 16.3 Å². The number of hydrogen-bond donors (Lipinski definition) is 1. The molecule has 0 bridgehead atoms. The molecule has 8 heteroatoms. The second kappa shape index (κ2) is 8.88. The van der Waals surface area contributed by atoms with Crippen molar-refractivity contribution in [1.82, 2.24) is 0 Å². The number of carbonyl (C=O) groups is 1. The maximum atomic E-state index is 12.5. The lowest BCUT2D eigenvalue weighted by Crippen LogP contribution is -2.17. The number of amides is 1. The Labute approximate surface area is 179 Å². The minimum atomic E-state index is -0.562. The summed E-state index contributed by atoms with van der Waals surface area (Å²) in [5.41, 5.74) is 1.73. The molecule has 2 aromatic carbocycles. The fourth-order valence-corrected chi connectivity index (χ4v) is 3.81. The average molecular weight is 432 g/mol. The Morgan fingerprint density at radius 2 is 1.69 bits per heavy atom. The van der Waals surface area contributed by atoms with Crippen LogP contribution in [0.4, 0.5) is 5.69 Å². The molecule has 1 aliphatic heterocycles. The van der Waals surface area contributed by atoms with Gasteiger partial charge in [0.1, 0.15) is 22.2 Å². The third kappa shape index (κ3) is 5.52. The van der Waals surface area contributed by atoms with E-state index in [1.807, 2.05) is 38.1 Å². The van der Waals surface area contributed by atoms with Crippen molar-refractivity contribution in [1.29, 1.82) is 0 Å². The number of rotatable bonds is 6. The molecular formula is C21H22ClN3O3S. The van der Waals surface area contributed by atoms with E-state index in [9.17, 15) is 4.79 Å². The molecule has 1 aliphatic rings. The fourth-order valence-electron chi connectivity index (χ4n) is 2.75. The van der Waals surface area contributed by atoms with Crippen molar-refractivity contribution in [2.45, 2.75) is 19.5 Å². The molecule has 6 nitrogen and oxygen atoms in total. The fraction of sp³-hybridized carbons (Fsp3) is 0.286. The molecule has 0 atom stereocenters. The normalized spacial score (nSPS) is 14.8. The van der Waals surface area contributed by atoms with Gasteiger partial charge in [0, 0.05) is 34.5 Å². The minimum Gasteiger partial charge on any atom is -0.497 e. The predicted octanol–water partition coefficient (Wildman–Crippen LogP) is 4.67. The van der Waals surface area contributed by atoms with E-state index in [4.69, 9.17) is 26.1 Å². The third-order valence-corrected chi connectivity index (χ3v) is 5.27. The Morgan fingerprint density at radius 1 is 1.07 bits per heavy atom. The van der Waals surface area contributed by atoms with Crippen LogP contribution in [0.25, 0.3) is 0 Å². The smallest absolute Gasteiger partial charge is 0.234 e. The minimum absolute atomic E-state index is 0.159. The number of aliphatic imine (C=N–C) groups is 2. The van der Waals surface area contributed by atoms with Crippen molar-refractivity contribution < 1.29 is 14.3 Å². The lowest BCUT2D eigenvalue weighted by molar-refractivity contribution is -0.113. The summed E-state index contributed by atoms with van der Waals surface area (Å²) >= 11 is 7.34. The average Bonchev–Trinajstić information content (AvgIpc) is 3.01. The lowest BCUT2D eigenvalue weighted by atomic mass is 10.1. The van der Waals surface area contributed by atoms with Crippen molar-refractivity contribution in [2.75, 3.05) is 25.3 Å². The molecule has 0 saturated carbocycles. The number of methoxy groups -OCH3 is 2. The molecule has 0 aromatic heterocycles. The second-order valence-electron chi connectivity index (χ2n) is 6.82. The molecule has 0 fully saturated rings. The van der Waals surface area contributed by atoms with Gasteiger partial charge in [-0.25, -0.2) is 4.99 Å². The monoisotopic (exact) mass is 431 g/mol. The van der Waals surface area contributed by atoms with Crippen molar-refractivity contribution >= 4 is 45.7 Å². The Hall–Kier alpha value is -2.51. The van der Waals surface area contributed by atoms with E-state index in [1.54, 1.807) is 32.4 Å². The molecule has 0 unspecified atom stereocenters. The van der Waals surface area contributed by atoms with Crippen LogP contribution in [0, 0.1) is 0 Å². The number of carbonyl (C=O) groups excluding carboxylic acids is 1. The van der Waals surface area contributed by atoms with Crippen LogP contribution in [0.3, 0.4) is 0 Å². The number of benzene rings is 2. The maximum Gasteiger partial charge on any atom is 0.234 e. The molecule has 29 heavy (non-hydrogen) atoms. The van der Waals surface area contributed by atoms with Gasteiger partial charge in [-0.2, -0.15) is 0 Å². The number of hydrogen-bond acceptors (Lipinski definition) is 6. The van der Waals surface area contributed by atoms with Crippen molar-refractivity contribution in [2.24, 2.45) is 9.98 Å². The SMILES string of the molecule is COc1cc(NC(=O)CSC2=NC(C)(C)N=C2c2ccc(Cl)cc2)cc(OC)c1. The van der Waals surface area contributed by atoms with Crippen LogP contribution in [0.15, 0.2) is 52.4 Å². The quantitative estimate of drug-likeness (QED) is 0.721. The zero-order valence-electron chi connectivity index (χ0n) is 16.7. The highest BCUT2D eigenvalue weighted by molar-refractivity contribution is 8.16. The molecule has 0 radical (unpaired) electrons. The molecule has 2 aromatic rings.